The zero-order valence-corrected chi connectivity index (χ0v) is 23.2. The van der Waals surface area contributed by atoms with Crippen LogP contribution in [-0.2, 0) is 24.3 Å². The van der Waals surface area contributed by atoms with Gasteiger partial charge in [-0.2, -0.15) is 8.42 Å². The van der Waals surface area contributed by atoms with Gasteiger partial charge < -0.3 is 15.5 Å². The first-order valence-corrected chi connectivity index (χ1v) is 14.2. The number of amides is 2. The Kier molecular flexibility index (Phi) is 10.7. The van der Waals surface area contributed by atoms with Gasteiger partial charge in [-0.15, -0.1) is 4.33 Å². The predicted octanol–water partition coefficient (Wildman–Crippen LogP) is 6.88. The van der Waals surface area contributed by atoms with Crippen molar-refractivity contribution in [3.63, 3.8) is 0 Å². The third-order valence-electron chi connectivity index (χ3n) is 5.38. The summed E-state index contributed by atoms with van der Waals surface area (Å²) in [6.45, 7) is 0. The highest BCUT2D eigenvalue weighted by Gasteiger charge is 2.15. The van der Waals surface area contributed by atoms with E-state index >= 15 is 0 Å². The first kappa shape index (κ1) is 30.3. The van der Waals surface area contributed by atoms with Crippen molar-refractivity contribution in [3.05, 3.63) is 108 Å². The van der Waals surface area contributed by atoms with Crippen LogP contribution in [0.25, 0.3) is 12.2 Å². The second kappa shape index (κ2) is 14.8. The minimum Gasteiger partial charge on any atom is -0.370 e. The van der Waals surface area contributed by atoms with Crippen LogP contribution in [0.1, 0.15) is 11.1 Å². The van der Waals surface area contributed by atoms with Crippen LogP contribution < -0.4 is 16.1 Å². The number of benzene rings is 4. The second-order valence-electron chi connectivity index (χ2n) is 8.27. The largest absolute Gasteiger partial charge is 0.370 e. The Morgan fingerprint density at radius 1 is 0.810 bits per heavy atom. The fourth-order valence-electron chi connectivity index (χ4n) is 3.52. The van der Waals surface area contributed by atoms with Crippen molar-refractivity contribution in [1.29, 1.82) is 0 Å². The Hall–Kier alpha value is -4.70. The number of hydrogen-bond acceptors (Lipinski definition) is 10. The van der Waals surface area contributed by atoms with Crippen molar-refractivity contribution in [2.75, 3.05) is 16.1 Å². The second-order valence-corrected chi connectivity index (χ2v) is 10.4. The molecule has 0 saturated carbocycles. The van der Waals surface area contributed by atoms with E-state index in [1.165, 1.54) is 24.3 Å². The molecule has 4 rings (SSSR count). The van der Waals surface area contributed by atoms with E-state index in [0.29, 0.717) is 39.6 Å². The number of rotatable bonds is 12. The van der Waals surface area contributed by atoms with Gasteiger partial charge in [-0.3, -0.25) is 4.55 Å². The summed E-state index contributed by atoms with van der Waals surface area (Å²) in [4.78, 5) is 21.6. The van der Waals surface area contributed by atoms with Crippen LogP contribution in [0.4, 0.5) is 27.5 Å². The molecule has 0 unspecified atom stereocenters. The summed E-state index contributed by atoms with van der Waals surface area (Å²) in [5.41, 5.74) is 5.24. The summed E-state index contributed by atoms with van der Waals surface area (Å²) < 4.78 is 38.7. The zero-order valence-electron chi connectivity index (χ0n) is 21.6. The number of aliphatic imine (C=N–C) groups is 1. The number of nitrogens with one attached hydrogen (secondary N) is 3. The van der Waals surface area contributed by atoms with Crippen LogP contribution in [0, 0.1) is 0 Å². The molecule has 14 heteroatoms. The molecule has 0 heterocycles. The molecule has 0 spiro atoms. The summed E-state index contributed by atoms with van der Waals surface area (Å²) in [7, 11) is -4.62. The molecular weight excluding hydrogens is 584 g/mol. The third-order valence-corrected chi connectivity index (χ3v) is 6.95. The quantitative estimate of drug-likeness (QED) is 0.0217. The lowest BCUT2D eigenvalue weighted by molar-refractivity contribution is -0.432. The molecule has 2 amide bonds. The Labute approximate surface area is 245 Å². The molecule has 5 N–H and O–H groups in total. The molecule has 0 aliphatic rings. The fourth-order valence-corrected chi connectivity index (χ4v) is 4.74. The molecule has 0 aliphatic heterocycles. The standard InChI is InChI=1S/C28H24N4O8S2/c33-28(30-22-7-3-1-4-8-22)31-25-16-13-20(26(17-25)41-40-39-34)11-12-21-14-15-24(18-27(21)42(35,36)37)29-19-38-32-23-9-5-2-6-10-23/h1-19,32,34H,(H2,30,31,33)(H,35,36,37)/b12-11?,29-19+. The van der Waals surface area contributed by atoms with Crippen molar-refractivity contribution in [3.8, 4) is 0 Å². The smallest absolute Gasteiger partial charge is 0.323 e. The van der Waals surface area contributed by atoms with Crippen LogP contribution in [0.5, 0.6) is 0 Å². The molecule has 4 aromatic carbocycles. The number of carbonyl (C=O) groups is 1. The highest BCUT2D eigenvalue weighted by molar-refractivity contribution is 7.94. The molecule has 0 radical (unpaired) electrons. The molecule has 42 heavy (non-hydrogen) atoms. The monoisotopic (exact) mass is 608 g/mol. The lowest BCUT2D eigenvalue weighted by Gasteiger charge is -2.10. The van der Waals surface area contributed by atoms with Crippen molar-refractivity contribution in [2.45, 2.75) is 9.79 Å². The van der Waals surface area contributed by atoms with Crippen molar-refractivity contribution in [1.82, 2.24) is 0 Å². The molecule has 0 aliphatic carbocycles. The average Bonchev–Trinajstić information content (AvgIpc) is 2.98. The van der Waals surface area contributed by atoms with E-state index in [-0.39, 0.29) is 16.1 Å². The number of nitrogens with zero attached hydrogens (tertiary/aromatic N) is 1. The van der Waals surface area contributed by atoms with Crippen molar-refractivity contribution < 1.29 is 37.2 Å². The Morgan fingerprint density at radius 2 is 1.45 bits per heavy atom. The molecule has 0 aromatic heterocycles. The van der Waals surface area contributed by atoms with E-state index in [9.17, 15) is 17.8 Å². The Balaban J connectivity index is 1.51. The predicted molar refractivity (Wildman–Crippen MR) is 161 cm³/mol. The highest BCUT2D eigenvalue weighted by atomic mass is 32.2. The minimum absolute atomic E-state index is 0.166. The normalized spacial score (nSPS) is 11.5. The zero-order chi connectivity index (χ0) is 29.8. The van der Waals surface area contributed by atoms with Crippen LogP contribution in [-0.4, -0.2) is 30.7 Å². The summed E-state index contributed by atoms with van der Waals surface area (Å²) in [5, 5.41) is 17.7. The van der Waals surface area contributed by atoms with Crippen LogP contribution in [0.2, 0.25) is 0 Å². The molecule has 0 fully saturated rings. The van der Waals surface area contributed by atoms with Crippen LogP contribution in [0.15, 0.2) is 112 Å². The number of hydrogen-bond donors (Lipinski definition) is 5. The first-order valence-electron chi connectivity index (χ1n) is 12.0. The summed E-state index contributed by atoms with van der Waals surface area (Å²) in [6, 6.07) is 26.4. The summed E-state index contributed by atoms with van der Waals surface area (Å²) in [5.74, 6) is 0. The highest BCUT2D eigenvalue weighted by Crippen LogP contribution is 2.30. The molecule has 0 saturated heterocycles. The number of urea groups is 1. The van der Waals surface area contributed by atoms with Crippen molar-refractivity contribution in [2.24, 2.45) is 4.99 Å². The number of anilines is 3. The van der Waals surface area contributed by atoms with Gasteiger partial charge in [0, 0.05) is 16.3 Å². The summed E-state index contributed by atoms with van der Waals surface area (Å²) in [6.07, 6.45) is 4.10. The van der Waals surface area contributed by atoms with E-state index < -0.39 is 16.1 Å². The maximum absolute atomic E-state index is 12.4. The van der Waals surface area contributed by atoms with Crippen LogP contribution in [0.3, 0.4) is 0 Å². The van der Waals surface area contributed by atoms with Gasteiger partial charge in [0.2, 0.25) is 6.40 Å². The molecule has 0 bridgehead atoms. The van der Waals surface area contributed by atoms with Gasteiger partial charge in [0.1, 0.15) is 4.90 Å². The van der Waals surface area contributed by atoms with Crippen molar-refractivity contribution >= 4 is 69.5 Å². The molecule has 216 valence electrons. The van der Waals surface area contributed by atoms with E-state index in [2.05, 4.69) is 30.5 Å². The van der Waals surface area contributed by atoms with Gasteiger partial charge in [0.15, 0.2) is 0 Å². The molecule has 4 aromatic rings. The Bertz CT molecular complexity index is 1670. The van der Waals surface area contributed by atoms with E-state index in [1.807, 2.05) is 24.3 Å². The lowest BCUT2D eigenvalue weighted by Crippen LogP contribution is -2.19. The van der Waals surface area contributed by atoms with Crippen LogP contribution >= 0.6 is 12.0 Å². The first-order chi connectivity index (χ1) is 20.3. The van der Waals surface area contributed by atoms with Gasteiger partial charge in [0.25, 0.3) is 10.1 Å². The fraction of sp³-hybridized carbons (Fsp3) is 0. The van der Waals surface area contributed by atoms with E-state index in [4.69, 9.17) is 10.1 Å². The van der Waals surface area contributed by atoms with Gasteiger partial charge in [0.05, 0.1) is 23.4 Å². The Morgan fingerprint density at radius 3 is 2.14 bits per heavy atom. The van der Waals surface area contributed by atoms with E-state index in [1.54, 1.807) is 60.7 Å². The lowest BCUT2D eigenvalue weighted by atomic mass is 10.1. The molecule has 0 atom stereocenters. The van der Waals surface area contributed by atoms with Gasteiger partial charge in [-0.05, 0) is 59.7 Å². The number of carbonyl (C=O) groups excluding carboxylic acids is 1. The third kappa shape index (κ3) is 9.17. The van der Waals surface area contributed by atoms with E-state index in [0.717, 1.165) is 6.40 Å². The molecular formula is C28H24N4O8S2. The van der Waals surface area contributed by atoms with Gasteiger partial charge in [-0.1, -0.05) is 65.7 Å². The van der Waals surface area contributed by atoms with Gasteiger partial charge in [-0.25, -0.2) is 20.5 Å². The topological polar surface area (TPSA) is 168 Å². The average molecular weight is 609 g/mol. The SMILES string of the molecule is O=C(Nc1ccccc1)Nc1ccc(C=Cc2ccc(/N=C/ONc3ccccc3)cc2S(=O)(=O)O)c(SOOO)c1. The minimum atomic E-state index is -4.62. The number of para-hydroxylation sites is 2. The molecule has 12 nitrogen and oxygen atoms in total. The van der Waals surface area contributed by atoms with Gasteiger partial charge >= 0.3 is 6.03 Å². The summed E-state index contributed by atoms with van der Waals surface area (Å²) >= 11 is 0.647. The maximum atomic E-state index is 12.4. The maximum Gasteiger partial charge on any atom is 0.323 e.